The van der Waals surface area contributed by atoms with Crippen LogP contribution in [0.25, 0.3) is 0 Å². The molecular formula is C11H14N4OS2. The zero-order valence-corrected chi connectivity index (χ0v) is 11.8. The number of thiophene rings is 1. The van der Waals surface area contributed by atoms with Crippen molar-refractivity contribution in [3.8, 4) is 0 Å². The zero-order valence-electron chi connectivity index (χ0n) is 10.1. The zero-order chi connectivity index (χ0) is 13.1. The number of amides is 1. The third-order valence-electron chi connectivity index (χ3n) is 2.17. The number of nitrogens with one attached hydrogen (secondary N) is 1. The van der Waals surface area contributed by atoms with E-state index >= 15 is 0 Å². The van der Waals surface area contributed by atoms with Crippen LogP contribution in [0.4, 0.5) is 10.8 Å². The van der Waals surface area contributed by atoms with E-state index in [1.54, 1.807) is 11.4 Å². The van der Waals surface area contributed by atoms with Crippen LogP contribution in [0.3, 0.4) is 0 Å². The van der Waals surface area contributed by atoms with Gasteiger partial charge in [0.1, 0.15) is 9.88 Å². The van der Waals surface area contributed by atoms with Gasteiger partial charge in [0.25, 0.3) is 5.91 Å². The minimum atomic E-state index is -0.227. The molecule has 2 heterocycles. The normalized spacial score (nSPS) is 10.8. The molecule has 0 aliphatic carbocycles. The Morgan fingerprint density at radius 2 is 2.28 bits per heavy atom. The smallest absolute Gasteiger partial charge is 0.269 e. The summed E-state index contributed by atoms with van der Waals surface area (Å²) in [6.07, 6.45) is 0.870. The molecule has 0 aliphatic heterocycles. The second-order valence-corrected chi connectivity index (χ2v) is 6.24. The van der Waals surface area contributed by atoms with Crippen molar-refractivity contribution in [3.05, 3.63) is 21.3 Å². The van der Waals surface area contributed by atoms with E-state index in [0.717, 1.165) is 11.4 Å². The molecular weight excluding hydrogens is 268 g/mol. The topological polar surface area (TPSA) is 80.9 Å². The van der Waals surface area contributed by atoms with E-state index in [4.69, 9.17) is 5.73 Å². The Morgan fingerprint density at radius 3 is 2.89 bits per heavy atom. The van der Waals surface area contributed by atoms with Gasteiger partial charge in [-0.1, -0.05) is 25.2 Å². The first-order valence-electron chi connectivity index (χ1n) is 5.53. The van der Waals surface area contributed by atoms with Crippen molar-refractivity contribution in [1.29, 1.82) is 0 Å². The molecule has 0 saturated heterocycles. The van der Waals surface area contributed by atoms with Crippen LogP contribution in [0.1, 0.15) is 28.5 Å². The van der Waals surface area contributed by atoms with Gasteiger partial charge in [-0.3, -0.25) is 10.1 Å². The van der Waals surface area contributed by atoms with Crippen molar-refractivity contribution in [2.24, 2.45) is 5.92 Å². The Labute approximate surface area is 113 Å². The molecule has 2 rings (SSSR count). The number of hydrogen-bond acceptors (Lipinski definition) is 6. The highest BCUT2D eigenvalue weighted by atomic mass is 32.1. The van der Waals surface area contributed by atoms with Crippen molar-refractivity contribution in [3.63, 3.8) is 0 Å². The first kappa shape index (κ1) is 13.0. The number of carbonyl (C=O) groups is 1. The maximum absolute atomic E-state index is 11.9. The van der Waals surface area contributed by atoms with Gasteiger partial charge >= 0.3 is 0 Å². The highest BCUT2D eigenvalue weighted by molar-refractivity contribution is 7.15. The molecule has 0 fully saturated rings. The Balaban J connectivity index is 2.04. The summed E-state index contributed by atoms with van der Waals surface area (Å²) < 4.78 is 0. The lowest BCUT2D eigenvalue weighted by molar-refractivity contribution is 0.103. The van der Waals surface area contributed by atoms with Crippen LogP contribution in [-0.2, 0) is 6.42 Å². The highest BCUT2D eigenvalue weighted by Crippen LogP contribution is 2.22. The predicted molar refractivity (Wildman–Crippen MR) is 75.1 cm³/mol. The summed E-state index contributed by atoms with van der Waals surface area (Å²) in [5, 5.41) is 13.9. The lowest BCUT2D eigenvalue weighted by Crippen LogP contribution is -2.11. The molecule has 0 aliphatic rings. The van der Waals surface area contributed by atoms with Gasteiger partial charge in [-0.05, 0) is 17.4 Å². The SMILES string of the molecule is CC(C)Cc1nnc(NC(=O)c2sccc2N)s1. The maximum atomic E-state index is 11.9. The molecule has 5 nitrogen and oxygen atoms in total. The molecule has 0 saturated carbocycles. The number of hydrogen-bond donors (Lipinski definition) is 2. The summed E-state index contributed by atoms with van der Waals surface area (Å²) in [5.74, 6) is 0.296. The van der Waals surface area contributed by atoms with Crippen LogP contribution in [0.15, 0.2) is 11.4 Å². The van der Waals surface area contributed by atoms with Gasteiger partial charge in [0, 0.05) is 6.42 Å². The molecule has 0 spiro atoms. The minimum absolute atomic E-state index is 0.227. The Bertz CT molecular complexity index is 547. The largest absolute Gasteiger partial charge is 0.397 e. The third-order valence-corrected chi connectivity index (χ3v) is 3.96. The van der Waals surface area contributed by atoms with Gasteiger partial charge < -0.3 is 5.73 Å². The second kappa shape index (κ2) is 5.45. The summed E-state index contributed by atoms with van der Waals surface area (Å²) in [4.78, 5) is 12.4. The van der Waals surface area contributed by atoms with Crippen molar-refractivity contribution in [2.75, 3.05) is 11.1 Å². The molecule has 1 amide bonds. The summed E-state index contributed by atoms with van der Waals surface area (Å²) in [5.41, 5.74) is 6.17. The molecule has 0 aromatic carbocycles. The monoisotopic (exact) mass is 282 g/mol. The van der Waals surface area contributed by atoms with Crippen LogP contribution in [0, 0.1) is 5.92 Å². The molecule has 0 bridgehead atoms. The first-order chi connectivity index (χ1) is 8.56. The second-order valence-electron chi connectivity index (χ2n) is 4.26. The summed E-state index contributed by atoms with van der Waals surface area (Å²) in [6, 6.07) is 1.71. The van der Waals surface area contributed by atoms with E-state index in [0.29, 0.717) is 21.6 Å². The summed E-state index contributed by atoms with van der Waals surface area (Å²) in [6.45, 7) is 4.23. The summed E-state index contributed by atoms with van der Waals surface area (Å²) in [7, 11) is 0. The molecule has 0 unspecified atom stereocenters. The maximum Gasteiger partial charge on any atom is 0.269 e. The number of nitrogen functional groups attached to an aromatic ring is 1. The highest BCUT2D eigenvalue weighted by Gasteiger charge is 2.14. The molecule has 0 radical (unpaired) electrons. The number of aromatic nitrogens is 2. The lowest BCUT2D eigenvalue weighted by atomic mass is 10.1. The lowest BCUT2D eigenvalue weighted by Gasteiger charge is -1.99. The molecule has 18 heavy (non-hydrogen) atoms. The van der Waals surface area contributed by atoms with Gasteiger partial charge in [-0.25, -0.2) is 0 Å². The molecule has 7 heteroatoms. The number of nitrogens with two attached hydrogens (primary N) is 1. The minimum Gasteiger partial charge on any atom is -0.397 e. The average molecular weight is 282 g/mol. The van der Waals surface area contributed by atoms with Crippen LogP contribution in [-0.4, -0.2) is 16.1 Å². The van der Waals surface area contributed by atoms with E-state index in [1.165, 1.54) is 22.7 Å². The van der Waals surface area contributed by atoms with E-state index in [9.17, 15) is 4.79 Å². The van der Waals surface area contributed by atoms with E-state index < -0.39 is 0 Å². The molecule has 96 valence electrons. The molecule has 2 aromatic heterocycles. The van der Waals surface area contributed by atoms with Crippen LogP contribution in [0.2, 0.25) is 0 Å². The fourth-order valence-corrected chi connectivity index (χ4v) is 3.05. The Hall–Kier alpha value is -1.47. The standard InChI is InChI=1S/C11H14N4OS2/c1-6(2)5-8-14-15-11(18-8)13-10(16)9-7(12)3-4-17-9/h3-4,6H,5,12H2,1-2H3,(H,13,15,16). The van der Waals surface area contributed by atoms with Gasteiger partial charge in [0.2, 0.25) is 5.13 Å². The van der Waals surface area contributed by atoms with Crippen molar-refractivity contribution >= 4 is 39.4 Å². The van der Waals surface area contributed by atoms with Crippen LogP contribution < -0.4 is 11.1 Å². The van der Waals surface area contributed by atoms with Crippen molar-refractivity contribution < 1.29 is 4.79 Å². The van der Waals surface area contributed by atoms with E-state index in [2.05, 4.69) is 29.4 Å². The van der Waals surface area contributed by atoms with E-state index in [-0.39, 0.29) is 5.91 Å². The predicted octanol–water partition coefficient (Wildman–Crippen LogP) is 2.63. The number of nitrogens with zero attached hydrogens (tertiary/aromatic N) is 2. The van der Waals surface area contributed by atoms with Gasteiger partial charge in [-0.15, -0.1) is 21.5 Å². The molecule has 2 aromatic rings. The van der Waals surface area contributed by atoms with E-state index in [1.807, 2.05) is 0 Å². The third kappa shape index (κ3) is 3.05. The quantitative estimate of drug-likeness (QED) is 0.903. The first-order valence-corrected chi connectivity index (χ1v) is 7.22. The van der Waals surface area contributed by atoms with Gasteiger partial charge in [0.15, 0.2) is 0 Å². The van der Waals surface area contributed by atoms with Crippen molar-refractivity contribution in [1.82, 2.24) is 10.2 Å². The number of carbonyl (C=O) groups excluding carboxylic acids is 1. The number of anilines is 2. The van der Waals surface area contributed by atoms with Gasteiger partial charge in [-0.2, -0.15) is 0 Å². The van der Waals surface area contributed by atoms with Crippen molar-refractivity contribution in [2.45, 2.75) is 20.3 Å². The molecule has 3 N–H and O–H groups in total. The molecule has 0 atom stereocenters. The Kier molecular flexibility index (Phi) is 3.93. The number of rotatable bonds is 4. The summed E-state index contributed by atoms with van der Waals surface area (Å²) >= 11 is 2.72. The van der Waals surface area contributed by atoms with Crippen LogP contribution >= 0.6 is 22.7 Å². The average Bonchev–Trinajstić information content (AvgIpc) is 2.87. The Morgan fingerprint density at radius 1 is 1.50 bits per heavy atom. The fraction of sp³-hybridized carbons (Fsp3) is 0.364. The fourth-order valence-electron chi connectivity index (χ4n) is 1.39. The van der Waals surface area contributed by atoms with Crippen LogP contribution in [0.5, 0.6) is 0 Å². The van der Waals surface area contributed by atoms with Gasteiger partial charge in [0.05, 0.1) is 5.69 Å².